The number of hydrogen-bond acceptors (Lipinski definition) is 1. The molecule has 0 heterocycles. The second-order valence-corrected chi connectivity index (χ2v) is 1.89. The molecule has 0 aromatic carbocycles. The van der Waals surface area contributed by atoms with Gasteiger partial charge in [-0.25, -0.2) is 0 Å². The van der Waals surface area contributed by atoms with Crippen LogP contribution in [-0.2, 0) is 4.74 Å². The predicted octanol–water partition coefficient (Wildman–Crippen LogP) is 1.63. The third-order valence-electron chi connectivity index (χ3n) is 0.677. The smallest absolute Gasteiger partial charge is 0.0747 e. The van der Waals surface area contributed by atoms with Gasteiger partial charge in [-0.2, -0.15) is 0 Å². The standard InChI is InChI=1S/C6H10ClO/c1-3-6(7)5-8-4-2/h3,6H,1-2,4-5H2. The molecule has 0 rings (SSSR count). The molecular formula is C6H10ClO. The summed E-state index contributed by atoms with van der Waals surface area (Å²) in [5, 5.41) is -0.0725. The van der Waals surface area contributed by atoms with E-state index in [1.165, 1.54) is 0 Å². The van der Waals surface area contributed by atoms with Crippen molar-refractivity contribution in [2.45, 2.75) is 5.38 Å². The van der Waals surface area contributed by atoms with Crippen LogP contribution >= 0.6 is 11.6 Å². The number of hydrogen-bond donors (Lipinski definition) is 0. The summed E-state index contributed by atoms with van der Waals surface area (Å²) in [4.78, 5) is 0. The Morgan fingerprint density at radius 3 is 2.75 bits per heavy atom. The van der Waals surface area contributed by atoms with Crippen LogP contribution in [0.3, 0.4) is 0 Å². The maximum absolute atomic E-state index is 5.57. The molecule has 0 N–H and O–H groups in total. The van der Waals surface area contributed by atoms with E-state index < -0.39 is 0 Å². The molecule has 0 bridgehead atoms. The monoisotopic (exact) mass is 133 g/mol. The van der Waals surface area contributed by atoms with Gasteiger partial charge in [0.05, 0.1) is 12.0 Å². The Kier molecular flexibility index (Phi) is 5.13. The molecule has 0 amide bonds. The van der Waals surface area contributed by atoms with Crippen LogP contribution in [0.15, 0.2) is 12.7 Å². The summed E-state index contributed by atoms with van der Waals surface area (Å²) in [5.41, 5.74) is 0. The van der Waals surface area contributed by atoms with E-state index >= 15 is 0 Å². The van der Waals surface area contributed by atoms with Gasteiger partial charge in [-0.05, 0) is 6.92 Å². The van der Waals surface area contributed by atoms with E-state index in [1.54, 1.807) is 6.08 Å². The molecule has 1 radical (unpaired) electrons. The molecule has 0 aromatic heterocycles. The third-order valence-corrected chi connectivity index (χ3v) is 0.981. The van der Waals surface area contributed by atoms with Crippen molar-refractivity contribution < 1.29 is 4.74 Å². The first-order chi connectivity index (χ1) is 3.81. The largest absolute Gasteiger partial charge is 0.380 e. The summed E-state index contributed by atoms with van der Waals surface area (Å²) < 4.78 is 4.87. The summed E-state index contributed by atoms with van der Waals surface area (Å²) in [6, 6.07) is 0. The second-order valence-electron chi connectivity index (χ2n) is 1.33. The van der Waals surface area contributed by atoms with Crippen molar-refractivity contribution in [2.24, 2.45) is 0 Å². The lowest BCUT2D eigenvalue weighted by Gasteiger charge is -2.00. The van der Waals surface area contributed by atoms with E-state index in [0.717, 1.165) is 0 Å². The molecule has 0 aromatic rings. The fraction of sp³-hybridized carbons (Fsp3) is 0.500. The van der Waals surface area contributed by atoms with E-state index in [9.17, 15) is 0 Å². The van der Waals surface area contributed by atoms with Crippen LogP contribution in [0.5, 0.6) is 0 Å². The Bertz CT molecular complexity index is 63.5. The van der Waals surface area contributed by atoms with Crippen molar-refractivity contribution in [2.75, 3.05) is 13.2 Å². The van der Waals surface area contributed by atoms with E-state index in [1.807, 2.05) is 0 Å². The van der Waals surface area contributed by atoms with Crippen molar-refractivity contribution >= 4 is 11.6 Å². The van der Waals surface area contributed by atoms with E-state index in [4.69, 9.17) is 16.3 Å². The Morgan fingerprint density at radius 2 is 2.38 bits per heavy atom. The first-order valence-electron chi connectivity index (χ1n) is 2.45. The topological polar surface area (TPSA) is 9.23 Å². The van der Waals surface area contributed by atoms with Crippen molar-refractivity contribution in [3.8, 4) is 0 Å². The quantitative estimate of drug-likeness (QED) is 0.419. The van der Waals surface area contributed by atoms with Crippen LogP contribution < -0.4 is 0 Å². The van der Waals surface area contributed by atoms with Gasteiger partial charge in [0.1, 0.15) is 0 Å². The number of alkyl halides is 1. The molecule has 0 saturated heterocycles. The van der Waals surface area contributed by atoms with E-state index in [0.29, 0.717) is 13.2 Å². The Hall–Kier alpha value is -0.0100. The fourth-order valence-electron chi connectivity index (χ4n) is 0.264. The first-order valence-corrected chi connectivity index (χ1v) is 2.88. The second kappa shape index (κ2) is 5.13. The van der Waals surface area contributed by atoms with Gasteiger partial charge in [-0.3, -0.25) is 0 Å². The maximum Gasteiger partial charge on any atom is 0.0747 e. The minimum Gasteiger partial charge on any atom is -0.380 e. The summed E-state index contributed by atoms with van der Waals surface area (Å²) in [5.74, 6) is 0. The molecule has 2 heteroatoms. The molecular weight excluding hydrogens is 124 g/mol. The third kappa shape index (κ3) is 4.16. The van der Waals surface area contributed by atoms with Crippen LogP contribution in [0.2, 0.25) is 0 Å². The van der Waals surface area contributed by atoms with Gasteiger partial charge in [0, 0.05) is 6.61 Å². The van der Waals surface area contributed by atoms with Gasteiger partial charge in [0.15, 0.2) is 0 Å². The summed E-state index contributed by atoms with van der Waals surface area (Å²) >= 11 is 5.57. The van der Waals surface area contributed by atoms with E-state index in [-0.39, 0.29) is 5.38 Å². The lowest BCUT2D eigenvalue weighted by Crippen LogP contribution is -2.04. The zero-order chi connectivity index (χ0) is 6.41. The van der Waals surface area contributed by atoms with Gasteiger partial charge in [-0.1, -0.05) is 6.08 Å². The normalized spacial score (nSPS) is 13.2. The maximum atomic E-state index is 5.57. The van der Waals surface area contributed by atoms with Crippen molar-refractivity contribution in [3.63, 3.8) is 0 Å². The molecule has 0 aliphatic rings. The molecule has 0 fully saturated rings. The zero-order valence-electron chi connectivity index (χ0n) is 4.77. The number of halogens is 1. The highest BCUT2D eigenvalue weighted by Crippen LogP contribution is 1.95. The average Bonchev–Trinajstić information content (AvgIpc) is 1.83. The molecule has 0 aliphatic heterocycles. The molecule has 1 atom stereocenters. The minimum atomic E-state index is -0.0725. The Morgan fingerprint density at radius 1 is 1.75 bits per heavy atom. The van der Waals surface area contributed by atoms with E-state index in [2.05, 4.69) is 13.5 Å². The first kappa shape index (κ1) is 7.99. The summed E-state index contributed by atoms with van der Waals surface area (Å²) in [6.07, 6.45) is 1.64. The predicted molar refractivity (Wildman–Crippen MR) is 36.0 cm³/mol. The lowest BCUT2D eigenvalue weighted by molar-refractivity contribution is 0.168. The highest BCUT2D eigenvalue weighted by molar-refractivity contribution is 6.21. The summed E-state index contributed by atoms with van der Waals surface area (Å²) in [7, 11) is 0. The molecule has 0 spiro atoms. The van der Waals surface area contributed by atoms with Gasteiger partial charge >= 0.3 is 0 Å². The number of ether oxygens (including phenoxy) is 1. The minimum absolute atomic E-state index is 0.0725. The molecule has 0 aliphatic carbocycles. The molecule has 0 saturated carbocycles. The van der Waals surface area contributed by atoms with Crippen LogP contribution in [0.25, 0.3) is 0 Å². The van der Waals surface area contributed by atoms with Crippen LogP contribution in [0, 0.1) is 6.92 Å². The van der Waals surface area contributed by atoms with Gasteiger partial charge in [-0.15, -0.1) is 18.2 Å². The highest BCUT2D eigenvalue weighted by atomic mass is 35.5. The molecule has 1 unspecified atom stereocenters. The SMILES string of the molecule is [CH2]COCC(Cl)C=C. The number of rotatable bonds is 4. The fourth-order valence-corrected chi connectivity index (χ4v) is 0.353. The van der Waals surface area contributed by atoms with Gasteiger partial charge in [0.2, 0.25) is 0 Å². The average molecular weight is 134 g/mol. The van der Waals surface area contributed by atoms with Crippen molar-refractivity contribution in [1.82, 2.24) is 0 Å². The molecule has 1 nitrogen and oxygen atoms in total. The zero-order valence-corrected chi connectivity index (χ0v) is 5.53. The molecule has 47 valence electrons. The Labute approximate surface area is 55.3 Å². The van der Waals surface area contributed by atoms with Crippen molar-refractivity contribution in [3.05, 3.63) is 19.6 Å². The van der Waals surface area contributed by atoms with Crippen LogP contribution in [0.4, 0.5) is 0 Å². The van der Waals surface area contributed by atoms with Crippen LogP contribution in [0.1, 0.15) is 0 Å². The summed E-state index contributed by atoms with van der Waals surface area (Å²) in [6.45, 7) is 7.94. The van der Waals surface area contributed by atoms with Crippen LogP contribution in [-0.4, -0.2) is 18.6 Å². The van der Waals surface area contributed by atoms with Gasteiger partial charge < -0.3 is 4.74 Å². The highest BCUT2D eigenvalue weighted by Gasteiger charge is 1.94. The Balaban J connectivity index is 2.98. The van der Waals surface area contributed by atoms with Gasteiger partial charge in [0.25, 0.3) is 0 Å². The lowest BCUT2D eigenvalue weighted by atomic mass is 10.4. The molecule has 8 heavy (non-hydrogen) atoms. The van der Waals surface area contributed by atoms with Crippen molar-refractivity contribution in [1.29, 1.82) is 0 Å².